The molecule has 1 aromatic rings. The number of thiophene rings is 1. The molecule has 0 unspecified atom stereocenters. The Hall–Kier alpha value is -1.82. The zero-order chi connectivity index (χ0) is 15.0. The van der Waals surface area contributed by atoms with Crippen molar-refractivity contribution in [2.24, 2.45) is 4.99 Å². The SMILES string of the molecule is CCCC(O)=C(C=Nc1cscc1OC)C(=O)OCC. The van der Waals surface area contributed by atoms with E-state index in [-0.39, 0.29) is 17.9 Å². The highest BCUT2D eigenvalue weighted by Gasteiger charge is 2.14. The van der Waals surface area contributed by atoms with Crippen molar-refractivity contribution in [1.82, 2.24) is 0 Å². The Morgan fingerprint density at radius 1 is 1.45 bits per heavy atom. The number of allylic oxidation sites excluding steroid dienone is 1. The highest BCUT2D eigenvalue weighted by Crippen LogP contribution is 2.31. The van der Waals surface area contributed by atoms with E-state index in [1.54, 1.807) is 19.4 Å². The lowest BCUT2D eigenvalue weighted by Gasteiger charge is -2.05. The van der Waals surface area contributed by atoms with Crippen molar-refractivity contribution in [3.63, 3.8) is 0 Å². The summed E-state index contributed by atoms with van der Waals surface area (Å²) in [5, 5.41) is 13.5. The second-order valence-corrected chi connectivity index (χ2v) is 4.66. The van der Waals surface area contributed by atoms with Crippen LogP contribution < -0.4 is 4.74 Å². The van der Waals surface area contributed by atoms with E-state index in [0.29, 0.717) is 17.9 Å². The summed E-state index contributed by atoms with van der Waals surface area (Å²) in [7, 11) is 1.55. The normalized spacial score (nSPS) is 12.3. The third-order valence-corrected chi connectivity index (χ3v) is 3.16. The summed E-state index contributed by atoms with van der Waals surface area (Å²) in [4.78, 5) is 16.0. The van der Waals surface area contributed by atoms with Gasteiger partial charge in [-0.3, -0.25) is 4.99 Å². The average molecular weight is 297 g/mol. The van der Waals surface area contributed by atoms with E-state index in [1.807, 2.05) is 12.3 Å². The van der Waals surface area contributed by atoms with Crippen LogP contribution in [0.2, 0.25) is 0 Å². The van der Waals surface area contributed by atoms with Gasteiger partial charge in [-0.1, -0.05) is 6.92 Å². The summed E-state index contributed by atoms with van der Waals surface area (Å²) in [6, 6.07) is 0. The van der Waals surface area contributed by atoms with Crippen LogP contribution in [0.3, 0.4) is 0 Å². The first-order chi connectivity index (χ1) is 9.63. The van der Waals surface area contributed by atoms with Crippen LogP contribution in [-0.4, -0.2) is 31.0 Å². The van der Waals surface area contributed by atoms with Gasteiger partial charge in [0.25, 0.3) is 0 Å². The second-order valence-electron chi connectivity index (χ2n) is 3.91. The van der Waals surface area contributed by atoms with E-state index in [2.05, 4.69) is 4.99 Å². The topological polar surface area (TPSA) is 68.1 Å². The van der Waals surface area contributed by atoms with Crippen LogP contribution in [0, 0.1) is 0 Å². The minimum Gasteiger partial charge on any atom is -0.511 e. The lowest BCUT2D eigenvalue weighted by Crippen LogP contribution is -2.11. The Morgan fingerprint density at radius 3 is 2.80 bits per heavy atom. The molecule has 20 heavy (non-hydrogen) atoms. The van der Waals surface area contributed by atoms with Gasteiger partial charge >= 0.3 is 5.97 Å². The summed E-state index contributed by atoms with van der Waals surface area (Å²) in [5.41, 5.74) is 0.700. The quantitative estimate of drug-likeness (QED) is 0.361. The molecule has 0 aliphatic rings. The fourth-order valence-electron chi connectivity index (χ4n) is 1.48. The number of aliphatic imine (C=N–C) groups is 1. The summed E-state index contributed by atoms with van der Waals surface area (Å²) < 4.78 is 10.1. The Labute approximate surface area is 122 Å². The van der Waals surface area contributed by atoms with Crippen molar-refractivity contribution in [2.75, 3.05) is 13.7 Å². The van der Waals surface area contributed by atoms with Crippen LogP contribution >= 0.6 is 11.3 Å². The maximum Gasteiger partial charge on any atom is 0.343 e. The highest BCUT2D eigenvalue weighted by atomic mass is 32.1. The predicted molar refractivity (Wildman–Crippen MR) is 80.2 cm³/mol. The average Bonchev–Trinajstić information content (AvgIpc) is 2.87. The molecule has 5 nitrogen and oxygen atoms in total. The summed E-state index contributed by atoms with van der Waals surface area (Å²) in [6.07, 6.45) is 2.46. The van der Waals surface area contributed by atoms with Gasteiger partial charge in [0.2, 0.25) is 0 Å². The van der Waals surface area contributed by atoms with Gasteiger partial charge in [0.1, 0.15) is 17.0 Å². The van der Waals surface area contributed by atoms with E-state index < -0.39 is 5.97 Å². The Balaban J connectivity index is 3.01. The zero-order valence-corrected chi connectivity index (χ0v) is 12.7. The number of carbonyl (C=O) groups excluding carboxylic acids is 1. The lowest BCUT2D eigenvalue weighted by atomic mass is 10.2. The molecule has 1 N–H and O–H groups in total. The van der Waals surface area contributed by atoms with E-state index >= 15 is 0 Å². The number of hydrogen-bond donors (Lipinski definition) is 1. The molecule has 0 bridgehead atoms. The van der Waals surface area contributed by atoms with Gasteiger partial charge in [0, 0.05) is 23.4 Å². The standard InChI is InChI=1S/C14H19NO4S/c1-4-6-12(16)10(14(17)19-5-2)7-15-11-8-20-9-13(11)18-3/h7-9,16H,4-6H2,1-3H3. The largest absolute Gasteiger partial charge is 0.511 e. The van der Waals surface area contributed by atoms with Crippen LogP contribution in [0.25, 0.3) is 0 Å². The number of aliphatic hydroxyl groups excluding tert-OH is 1. The van der Waals surface area contributed by atoms with Crippen LogP contribution in [-0.2, 0) is 9.53 Å². The molecule has 0 atom stereocenters. The molecular formula is C14H19NO4S. The molecular weight excluding hydrogens is 278 g/mol. The number of rotatable bonds is 7. The molecule has 0 aliphatic carbocycles. The Kier molecular flexibility index (Phi) is 6.79. The number of aliphatic hydroxyl groups is 1. The van der Waals surface area contributed by atoms with Crippen LogP contribution in [0.1, 0.15) is 26.7 Å². The lowest BCUT2D eigenvalue weighted by molar-refractivity contribution is -0.138. The molecule has 0 radical (unpaired) electrons. The van der Waals surface area contributed by atoms with Crippen molar-refractivity contribution in [1.29, 1.82) is 0 Å². The van der Waals surface area contributed by atoms with Gasteiger partial charge < -0.3 is 14.6 Å². The molecule has 0 saturated carbocycles. The van der Waals surface area contributed by atoms with Gasteiger partial charge in [-0.2, -0.15) is 0 Å². The number of ether oxygens (including phenoxy) is 2. The van der Waals surface area contributed by atoms with Crippen LogP contribution in [0.5, 0.6) is 5.75 Å². The maximum absolute atomic E-state index is 11.8. The van der Waals surface area contributed by atoms with Gasteiger partial charge in [-0.15, -0.1) is 11.3 Å². The van der Waals surface area contributed by atoms with Gasteiger partial charge in [0.05, 0.1) is 13.7 Å². The second kappa shape index (κ2) is 8.37. The van der Waals surface area contributed by atoms with E-state index in [0.717, 1.165) is 6.42 Å². The van der Waals surface area contributed by atoms with E-state index in [9.17, 15) is 9.90 Å². The summed E-state index contributed by atoms with van der Waals surface area (Å²) in [5.74, 6) is 0.0460. The molecule has 0 saturated heterocycles. The Bertz CT molecular complexity index is 505. The van der Waals surface area contributed by atoms with E-state index in [4.69, 9.17) is 9.47 Å². The van der Waals surface area contributed by atoms with Crippen LogP contribution in [0.4, 0.5) is 5.69 Å². The van der Waals surface area contributed by atoms with Gasteiger partial charge in [-0.25, -0.2) is 4.79 Å². The molecule has 1 aromatic heterocycles. The number of hydrogen-bond acceptors (Lipinski definition) is 6. The third-order valence-electron chi connectivity index (χ3n) is 2.45. The van der Waals surface area contributed by atoms with Crippen molar-refractivity contribution in [3.8, 4) is 5.75 Å². The number of esters is 1. The maximum atomic E-state index is 11.8. The molecule has 0 aromatic carbocycles. The third kappa shape index (κ3) is 4.38. The summed E-state index contributed by atoms with van der Waals surface area (Å²) in [6.45, 7) is 3.88. The highest BCUT2D eigenvalue weighted by molar-refractivity contribution is 7.08. The number of nitrogens with zero attached hydrogens (tertiary/aromatic N) is 1. The minimum absolute atomic E-state index is 0.0103. The monoisotopic (exact) mass is 297 g/mol. The molecule has 0 spiro atoms. The predicted octanol–water partition coefficient (Wildman–Crippen LogP) is 3.63. The zero-order valence-electron chi connectivity index (χ0n) is 11.9. The minimum atomic E-state index is -0.573. The van der Waals surface area contributed by atoms with Crippen molar-refractivity contribution < 1.29 is 19.4 Å². The van der Waals surface area contributed by atoms with Crippen molar-refractivity contribution in [3.05, 3.63) is 22.1 Å². The first-order valence-corrected chi connectivity index (χ1v) is 7.31. The first-order valence-electron chi connectivity index (χ1n) is 6.37. The van der Waals surface area contributed by atoms with Crippen LogP contribution in [0.15, 0.2) is 27.1 Å². The number of methoxy groups -OCH3 is 1. The molecule has 0 aliphatic heterocycles. The molecule has 6 heteroatoms. The van der Waals surface area contributed by atoms with Crippen molar-refractivity contribution >= 4 is 29.2 Å². The molecule has 1 rings (SSSR count). The molecule has 110 valence electrons. The van der Waals surface area contributed by atoms with Gasteiger partial charge in [-0.05, 0) is 13.3 Å². The summed E-state index contributed by atoms with van der Waals surface area (Å²) >= 11 is 1.45. The number of carbonyl (C=O) groups is 1. The van der Waals surface area contributed by atoms with Gasteiger partial charge in [0.15, 0.2) is 5.75 Å². The van der Waals surface area contributed by atoms with Crippen molar-refractivity contribution in [2.45, 2.75) is 26.7 Å². The smallest absolute Gasteiger partial charge is 0.343 e. The first kappa shape index (κ1) is 16.2. The molecule has 1 heterocycles. The molecule has 0 amide bonds. The fraction of sp³-hybridized carbons (Fsp3) is 0.429. The molecule has 0 fully saturated rings. The van der Waals surface area contributed by atoms with E-state index in [1.165, 1.54) is 17.6 Å². The fourth-order valence-corrected chi connectivity index (χ4v) is 2.20. The Morgan fingerprint density at radius 2 is 2.20 bits per heavy atom.